The molecular weight excluding hydrogens is 389 g/mol. The quantitative estimate of drug-likeness (QED) is 0.449. The normalized spacial score (nSPS) is 32.2. The largest absolute Gasteiger partial charge is 0.548 e. The maximum Gasteiger partial charge on any atom is 0.347 e. The van der Waals surface area contributed by atoms with Crippen LogP contribution >= 0.6 is 31.1 Å². The lowest BCUT2D eigenvalue weighted by molar-refractivity contribution is -0.313. The average Bonchev–Trinajstić information content (AvgIpc) is 2.77. The molecule has 144 valence electrons. The second kappa shape index (κ2) is 7.05. The molecule has 2 saturated heterocycles. The number of aliphatic hydroxyl groups is 1. The van der Waals surface area contributed by atoms with Gasteiger partial charge in [-0.1, -0.05) is 0 Å². The second-order valence-electron chi connectivity index (χ2n) is 6.30. The van der Waals surface area contributed by atoms with E-state index in [2.05, 4.69) is 0 Å². The molecule has 1 amide bonds. The topological polar surface area (TPSA) is 116 Å². The lowest BCUT2D eigenvalue weighted by Gasteiger charge is -2.53. The van der Waals surface area contributed by atoms with Crippen LogP contribution in [0.5, 0.6) is 0 Å². The summed E-state index contributed by atoms with van der Waals surface area (Å²) in [6.45, 7) is 6.80. The van der Waals surface area contributed by atoms with Crippen LogP contribution in [0.4, 0.5) is 0 Å². The van der Waals surface area contributed by atoms with Gasteiger partial charge in [0.15, 0.2) is 5.60 Å². The van der Waals surface area contributed by atoms with Gasteiger partial charge in [-0.3, -0.25) is 9.36 Å². The Morgan fingerprint density at radius 2 is 1.96 bits per heavy atom. The zero-order valence-corrected chi connectivity index (χ0v) is 17.3. The molecule has 1 N–H and O–H groups in total. The number of aliphatic carboxylic acids is 1. The number of hydrogen-bond acceptors (Lipinski definition) is 9. The van der Waals surface area contributed by atoms with E-state index in [0.29, 0.717) is 0 Å². The first kappa shape index (κ1) is 21.1. The Morgan fingerprint density at radius 1 is 1.44 bits per heavy atom. The molecule has 0 bridgehead atoms. The molecule has 2 aliphatic rings. The Hall–Kier alpha value is -0.250. The van der Waals surface area contributed by atoms with Crippen LogP contribution in [0, 0.1) is 0 Å². The van der Waals surface area contributed by atoms with Gasteiger partial charge >= 0.3 is 7.60 Å². The van der Waals surface area contributed by atoms with E-state index in [1.54, 1.807) is 34.0 Å². The van der Waals surface area contributed by atoms with E-state index in [4.69, 9.17) is 9.05 Å². The molecule has 0 aromatic carbocycles. The van der Waals surface area contributed by atoms with Crippen molar-refractivity contribution in [2.45, 2.75) is 54.4 Å². The van der Waals surface area contributed by atoms with Crippen LogP contribution in [0.1, 0.15) is 27.7 Å². The fourth-order valence-corrected chi connectivity index (χ4v) is 8.99. The van der Waals surface area contributed by atoms with Gasteiger partial charge in [0.2, 0.25) is 0 Å². The van der Waals surface area contributed by atoms with Crippen molar-refractivity contribution in [2.24, 2.45) is 0 Å². The van der Waals surface area contributed by atoms with Crippen LogP contribution < -0.4 is 5.11 Å². The Morgan fingerprint density at radius 3 is 2.36 bits per heavy atom. The summed E-state index contributed by atoms with van der Waals surface area (Å²) in [6.07, 6.45) is 1.60. The van der Waals surface area contributed by atoms with Gasteiger partial charge in [0.1, 0.15) is 10.4 Å². The first-order valence-corrected chi connectivity index (χ1v) is 11.6. The third-order valence-electron chi connectivity index (χ3n) is 4.29. The van der Waals surface area contributed by atoms with Gasteiger partial charge in [-0.2, -0.15) is 0 Å². The zero-order chi connectivity index (χ0) is 19.2. The van der Waals surface area contributed by atoms with Crippen molar-refractivity contribution in [3.05, 3.63) is 0 Å². The highest BCUT2D eigenvalue weighted by atomic mass is 32.2. The summed E-state index contributed by atoms with van der Waals surface area (Å²) < 4.78 is 22.9. The van der Waals surface area contributed by atoms with Crippen LogP contribution in [0.25, 0.3) is 0 Å². The molecule has 0 radical (unpaired) electrons. The summed E-state index contributed by atoms with van der Waals surface area (Å²) in [7, 11) is -3.80. The second-order valence-corrected chi connectivity index (χ2v) is 11.4. The van der Waals surface area contributed by atoms with E-state index in [1.807, 2.05) is 0 Å². The van der Waals surface area contributed by atoms with Crippen LogP contribution in [-0.2, 0) is 23.2 Å². The van der Waals surface area contributed by atoms with Crippen molar-refractivity contribution in [1.82, 2.24) is 4.90 Å². The van der Waals surface area contributed by atoms with Crippen molar-refractivity contribution in [1.29, 1.82) is 0 Å². The Kier molecular flexibility index (Phi) is 5.94. The van der Waals surface area contributed by atoms with Crippen molar-refractivity contribution in [3.63, 3.8) is 0 Å². The zero-order valence-electron chi connectivity index (χ0n) is 14.8. The van der Waals surface area contributed by atoms with Gasteiger partial charge in [-0.15, -0.1) is 23.5 Å². The third kappa shape index (κ3) is 3.04. The first-order valence-electron chi connectivity index (χ1n) is 7.86. The highest BCUT2D eigenvalue weighted by molar-refractivity contribution is 8.05. The fraction of sp³-hybridized carbons (Fsp3) is 0.857. The minimum atomic E-state index is -3.80. The number of amides is 1. The summed E-state index contributed by atoms with van der Waals surface area (Å²) >= 11 is 2.16. The fourth-order valence-electron chi connectivity index (χ4n) is 3.36. The first-order chi connectivity index (χ1) is 11.5. The Labute approximate surface area is 155 Å². The molecule has 1 unspecified atom stereocenters. The highest BCUT2D eigenvalue weighted by Gasteiger charge is 2.75. The van der Waals surface area contributed by atoms with Crippen LogP contribution in [0.3, 0.4) is 0 Å². The number of carbonyl (C=O) groups is 2. The molecule has 2 aliphatic heterocycles. The molecule has 2 rings (SSSR count). The van der Waals surface area contributed by atoms with E-state index < -0.39 is 46.2 Å². The smallest absolute Gasteiger partial charge is 0.347 e. The average molecular weight is 412 g/mol. The summed E-state index contributed by atoms with van der Waals surface area (Å²) in [5, 5.41) is 21.8. The van der Waals surface area contributed by atoms with Crippen molar-refractivity contribution in [2.75, 3.05) is 19.5 Å². The number of nitrogens with zero attached hydrogens (tertiary/aromatic N) is 1. The molecule has 0 spiro atoms. The molecule has 2 heterocycles. The molecule has 25 heavy (non-hydrogen) atoms. The highest BCUT2D eigenvalue weighted by Crippen LogP contribution is 2.66. The number of carboxylic acids is 1. The monoisotopic (exact) mass is 412 g/mol. The standard InChI is InChI=1S/C14H24NO7PS2/c1-6-21-23(20,22-7-2)12(24-5)14(19)10(18)15-8(9(16)17)13(3,4)25-11(14)15/h8,11-12,19H,6-7H2,1-5H3,(H,16,17)/p-1/t8-,11+,12?,14+/m0/s1. The van der Waals surface area contributed by atoms with Gasteiger partial charge < -0.3 is 29.0 Å². The number of carboxylic acid groups (broad SMARTS) is 1. The third-order valence-corrected chi connectivity index (χ3v) is 10.3. The lowest BCUT2D eigenvalue weighted by Crippen LogP contribution is -2.77. The number of β-lactam (4-membered cyclic amide) rings is 1. The van der Waals surface area contributed by atoms with E-state index in [-0.39, 0.29) is 13.2 Å². The van der Waals surface area contributed by atoms with Crippen LogP contribution in [0.15, 0.2) is 0 Å². The van der Waals surface area contributed by atoms with E-state index in [1.165, 1.54) is 0 Å². The number of hydrogen-bond donors (Lipinski definition) is 1. The van der Waals surface area contributed by atoms with Crippen molar-refractivity contribution >= 4 is 43.0 Å². The van der Waals surface area contributed by atoms with Gasteiger partial charge in [-0.25, -0.2) is 0 Å². The minimum absolute atomic E-state index is 0.0906. The molecular formula is C14H23NO7PS2-. The summed E-state index contributed by atoms with van der Waals surface area (Å²) in [5.74, 6) is -2.17. The van der Waals surface area contributed by atoms with Crippen LogP contribution in [0.2, 0.25) is 0 Å². The van der Waals surface area contributed by atoms with Gasteiger partial charge in [0.05, 0.1) is 25.2 Å². The summed E-state index contributed by atoms with van der Waals surface area (Å²) in [5.41, 5.74) is -2.04. The Balaban J connectivity index is 2.43. The van der Waals surface area contributed by atoms with Gasteiger partial charge in [0.25, 0.3) is 5.91 Å². The molecule has 4 atom stereocenters. The molecule has 2 fully saturated rings. The number of rotatable bonds is 8. The molecule has 11 heteroatoms. The van der Waals surface area contributed by atoms with Gasteiger partial charge in [0, 0.05) is 4.75 Å². The Bertz CT molecular complexity index is 606. The molecule has 0 saturated carbocycles. The number of carbonyl (C=O) groups excluding carboxylic acids is 2. The van der Waals surface area contributed by atoms with E-state index in [0.717, 1.165) is 28.4 Å². The molecule has 0 aromatic heterocycles. The number of fused-ring (bicyclic) bond motifs is 1. The van der Waals surface area contributed by atoms with Crippen molar-refractivity contribution < 1.29 is 33.4 Å². The molecule has 0 aliphatic carbocycles. The van der Waals surface area contributed by atoms with Crippen LogP contribution in [-0.4, -0.2) is 68.1 Å². The SMILES string of the molecule is CCOP(=O)(OCC)C(SC)[C@@]1(O)C(=O)N2[C@@H](C(=O)[O-])C(C)(C)S[C@@H]21. The predicted octanol–water partition coefficient (Wildman–Crippen LogP) is 0.485. The minimum Gasteiger partial charge on any atom is -0.548 e. The predicted molar refractivity (Wildman–Crippen MR) is 94.2 cm³/mol. The van der Waals surface area contributed by atoms with Gasteiger partial charge in [-0.05, 0) is 34.0 Å². The summed E-state index contributed by atoms with van der Waals surface area (Å²) in [6, 6.07) is -1.17. The lowest BCUT2D eigenvalue weighted by atomic mass is 9.89. The van der Waals surface area contributed by atoms with Crippen molar-refractivity contribution in [3.8, 4) is 0 Å². The van der Waals surface area contributed by atoms with E-state index in [9.17, 15) is 24.4 Å². The molecule has 8 nitrogen and oxygen atoms in total. The molecule has 0 aromatic rings. The number of thioether (sulfide) groups is 2. The maximum absolute atomic E-state index is 13.2. The summed E-state index contributed by atoms with van der Waals surface area (Å²) in [4.78, 5) is 24.2. The van der Waals surface area contributed by atoms with E-state index >= 15 is 0 Å². The maximum atomic E-state index is 13.2.